The Labute approximate surface area is 128 Å². The van der Waals surface area contributed by atoms with Crippen LogP contribution in [0.3, 0.4) is 0 Å². The summed E-state index contributed by atoms with van der Waals surface area (Å²) in [7, 11) is 1.43. The molecule has 0 fully saturated rings. The molecule has 0 radical (unpaired) electrons. The van der Waals surface area contributed by atoms with Crippen molar-refractivity contribution in [2.24, 2.45) is 7.05 Å². The normalized spacial score (nSPS) is 10.5. The van der Waals surface area contributed by atoms with Crippen molar-refractivity contribution < 1.29 is 14.6 Å². The number of unbranched alkanes of at least 4 members (excludes halogenated alkanes) is 1. The first-order chi connectivity index (χ1) is 10.5. The van der Waals surface area contributed by atoms with E-state index in [9.17, 15) is 9.59 Å². The van der Waals surface area contributed by atoms with Crippen LogP contribution in [-0.4, -0.2) is 27.5 Å². The van der Waals surface area contributed by atoms with Gasteiger partial charge in [-0.05, 0) is 24.6 Å². The van der Waals surface area contributed by atoms with E-state index >= 15 is 0 Å². The van der Waals surface area contributed by atoms with Gasteiger partial charge in [-0.25, -0.2) is 9.48 Å². The molecule has 0 unspecified atom stereocenters. The zero-order chi connectivity index (χ0) is 16.1. The third kappa shape index (κ3) is 3.52. The molecule has 2 rings (SSSR count). The van der Waals surface area contributed by atoms with Crippen LogP contribution in [0.2, 0.25) is 0 Å². The summed E-state index contributed by atoms with van der Waals surface area (Å²) in [4.78, 5) is 22.9. The van der Waals surface area contributed by atoms with Gasteiger partial charge in [0, 0.05) is 12.6 Å². The number of aryl methyl sites for hydroxylation is 1. The SMILES string of the molecule is CCCCOc1cccc(-c2cc(C(=O)O)c(=O)n(C)n2)c1. The minimum absolute atomic E-state index is 0.301. The van der Waals surface area contributed by atoms with Crippen molar-refractivity contribution in [1.29, 1.82) is 0 Å². The predicted molar refractivity (Wildman–Crippen MR) is 82.3 cm³/mol. The Hall–Kier alpha value is -2.63. The highest BCUT2D eigenvalue weighted by Crippen LogP contribution is 2.22. The fourth-order valence-electron chi connectivity index (χ4n) is 1.98. The molecule has 0 saturated heterocycles. The number of carboxylic acids is 1. The zero-order valence-corrected chi connectivity index (χ0v) is 12.6. The molecule has 0 atom stereocenters. The first-order valence-electron chi connectivity index (χ1n) is 7.07. The number of nitrogens with zero attached hydrogens (tertiary/aromatic N) is 2. The average molecular weight is 302 g/mol. The third-order valence-corrected chi connectivity index (χ3v) is 3.19. The summed E-state index contributed by atoms with van der Waals surface area (Å²) in [5, 5.41) is 13.2. The molecule has 0 bridgehead atoms. The van der Waals surface area contributed by atoms with Crippen molar-refractivity contribution in [1.82, 2.24) is 9.78 Å². The fraction of sp³-hybridized carbons (Fsp3) is 0.312. The maximum Gasteiger partial charge on any atom is 0.341 e. The van der Waals surface area contributed by atoms with Crippen molar-refractivity contribution in [3.05, 3.63) is 46.2 Å². The number of aromatic carboxylic acids is 1. The first kappa shape index (κ1) is 15.8. The average Bonchev–Trinajstić information content (AvgIpc) is 2.50. The highest BCUT2D eigenvalue weighted by atomic mass is 16.5. The van der Waals surface area contributed by atoms with E-state index < -0.39 is 11.5 Å². The van der Waals surface area contributed by atoms with E-state index in [0.29, 0.717) is 23.6 Å². The molecule has 0 amide bonds. The highest BCUT2D eigenvalue weighted by molar-refractivity contribution is 5.88. The van der Waals surface area contributed by atoms with Crippen LogP contribution in [-0.2, 0) is 7.05 Å². The van der Waals surface area contributed by atoms with Crippen LogP contribution in [0.1, 0.15) is 30.1 Å². The summed E-state index contributed by atoms with van der Waals surface area (Å²) in [6.45, 7) is 2.71. The van der Waals surface area contributed by atoms with E-state index in [0.717, 1.165) is 17.5 Å². The summed E-state index contributed by atoms with van der Waals surface area (Å²) < 4.78 is 6.66. The van der Waals surface area contributed by atoms with Gasteiger partial charge in [0.1, 0.15) is 11.3 Å². The molecule has 116 valence electrons. The summed E-state index contributed by atoms with van der Waals surface area (Å²) in [6.07, 6.45) is 2.01. The van der Waals surface area contributed by atoms with E-state index in [1.165, 1.54) is 13.1 Å². The van der Waals surface area contributed by atoms with Gasteiger partial charge in [-0.1, -0.05) is 25.5 Å². The third-order valence-electron chi connectivity index (χ3n) is 3.19. The van der Waals surface area contributed by atoms with Gasteiger partial charge >= 0.3 is 5.97 Å². The maximum atomic E-state index is 11.7. The van der Waals surface area contributed by atoms with Gasteiger partial charge in [-0.15, -0.1) is 0 Å². The molecule has 0 aliphatic carbocycles. The van der Waals surface area contributed by atoms with E-state index in [-0.39, 0.29) is 5.56 Å². The molecule has 22 heavy (non-hydrogen) atoms. The molecule has 1 aromatic carbocycles. The van der Waals surface area contributed by atoms with Crippen LogP contribution in [0.4, 0.5) is 0 Å². The number of carbonyl (C=O) groups is 1. The molecular weight excluding hydrogens is 284 g/mol. The summed E-state index contributed by atoms with van der Waals surface area (Å²) in [5.41, 5.74) is 0.184. The molecule has 0 saturated carbocycles. The molecule has 6 nitrogen and oxygen atoms in total. The van der Waals surface area contributed by atoms with Crippen LogP contribution in [0.5, 0.6) is 5.75 Å². The second kappa shape index (κ2) is 6.89. The number of rotatable bonds is 6. The van der Waals surface area contributed by atoms with E-state index in [2.05, 4.69) is 12.0 Å². The van der Waals surface area contributed by atoms with E-state index in [4.69, 9.17) is 9.84 Å². The van der Waals surface area contributed by atoms with Gasteiger partial charge < -0.3 is 9.84 Å². The summed E-state index contributed by atoms with van der Waals surface area (Å²) in [6, 6.07) is 8.51. The van der Waals surface area contributed by atoms with Crippen molar-refractivity contribution in [3.8, 4) is 17.0 Å². The van der Waals surface area contributed by atoms with Gasteiger partial charge in [-0.2, -0.15) is 5.10 Å². The molecule has 1 aromatic heterocycles. The number of ether oxygens (including phenoxy) is 1. The van der Waals surface area contributed by atoms with Gasteiger partial charge in [0.25, 0.3) is 5.56 Å². The molecule has 6 heteroatoms. The van der Waals surface area contributed by atoms with Crippen LogP contribution >= 0.6 is 0 Å². The van der Waals surface area contributed by atoms with Gasteiger partial charge in [-0.3, -0.25) is 4.79 Å². The molecule has 2 aromatic rings. The number of benzene rings is 1. The van der Waals surface area contributed by atoms with E-state index in [1.807, 2.05) is 12.1 Å². The number of aromatic nitrogens is 2. The second-order valence-electron chi connectivity index (χ2n) is 4.91. The molecule has 1 heterocycles. The Morgan fingerprint density at radius 1 is 1.36 bits per heavy atom. The Morgan fingerprint density at radius 3 is 2.82 bits per heavy atom. The minimum atomic E-state index is -1.26. The van der Waals surface area contributed by atoms with Crippen LogP contribution in [0.25, 0.3) is 11.3 Å². The quantitative estimate of drug-likeness (QED) is 0.828. The molecule has 0 aliphatic rings. The Morgan fingerprint density at radius 2 is 2.14 bits per heavy atom. The van der Waals surface area contributed by atoms with Crippen molar-refractivity contribution >= 4 is 5.97 Å². The van der Waals surface area contributed by atoms with Gasteiger partial charge in [0.15, 0.2) is 0 Å². The molecule has 0 aliphatic heterocycles. The van der Waals surface area contributed by atoms with Gasteiger partial charge in [0.2, 0.25) is 0 Å². The van der Waals surface area contributed by atoms with Crippen LogP contribution < -0.4 is 10.3 Å². The van der Waals surface area contributed by atoms with Crippen LogP contribution in [0, 0.1) is 0 Å². The lowest BCUT2D eigenvalue weighted by Crippen LogP contribution is -2.26. The van der Waals surface area contributed by atoms with Crippen molar-refractivity contribution in [3.63, 3.8) is 0 Å². The predicted octanol–water partition coefficient (Wildman–Crippen LogP) is 2.32. The molecular formula is C16H18N2O4. The zero-order valence-electron chi connectivity index (χ0n) is 12.6. The molecule has 0 spiro atoms. The lowest BCUT2D eigenvalue weighted by molar-refractivity contribution is 0.0694. The Kier molecular flexibility index (Phi) is 4.93. The van der Waals surface area contributed by atoms with Gasteiger partial charge in [0.05, 0.1) is 12.3 Å². The maximum absolute atomic E-state index is 11.7. The Balaban J connectivity index is 2.37. The highest BCUT2D eigenvalue weighted by Gasteiger charge is 2.14. The summed E-state index contributed by atoms with van der Waals surface area (Å²) in [5.74, 6) is -0.571. The second-order valence-corrected chi connectivity index (χ2v) is 4.91. The van der Waals surface area contributed by atoms with Crippen molar-refractivity contribution in [2.75, 3.05) is 6.61 Å². The molecule has 1 N–H and O–H groups in total. The fourth-order valence-corrected chi connectivity index (χ4v) is 1.98. The monoisotopic (exact) mass is 302 g/mol. The van der Waals surface area contributed by atoms with Crippen LogP contribution in [0.15, 0.2) is 35.1 Å². The van der Waals surface area contributed by atoms with Crippen molar-refractivity contribution in [2.45, 2.75) is 19.8 Å². The summed E-state index contributed by atoms with van der Waals surface area (Å²) >= 11 is 0. The lowest BCUT2D eigenvalue weighted by atomic mass is 10.1. The minimum Gasteiger partial charge on any atom is -0.494 e. The number of carboxylic acid groups (broad SMARTS) is 1. The lowest BCUT2D eigenvalue weighted by Gasteiger charge is -2.08. The largest absolute Gasteiger partial charge is 0.494 e. The topological polar surface area (TPSA) is 81.4 Å². The Bertz CT molecular complexity index is 737. The smallest absolute Gasteiger partial charge is 0.341 e. The number of hydrogen-bond acceptors (Lipinski definition) is 4. The number of hydrogen-bond donors (Lipinski definition) is 1. The standard InChI is InChI=1S/C16H18N2O4/c1-3-4-8-22-12-7-5-6-11(9-12)14-10-13(16(20)21)15(19)18(2)17-14/h5-7,9-10H,3-4,8H2,1-2H3,(H,20,21). The van der Waals surface area contributed by atoms with E-state index in [1.54, 1.807) is 12.1 Å². The first-order valence-corrected chi connectivity index (χ1v) is 7.07.